The molecule has 9 nitrogen and oxygen atoms in total. The maximum atomic E-state index is 14.2. The predicted molar refractivity (Wildman–Crippen MR) is 137 cm³/mol. The molecule has 1 aromatic rings. The summed E-state index contributed by atoms with van der Waals surface area (Å²) in [5.41, 5.74) is 2.40. The van der Waals surface area contributed by atoms with Crippen LogP contribution in [0.25, 0.3) is 0 Å². The fraction of sp³-hybridized carbons (Fsp3) is 0.741. The molecule has 0 unspecified atom stereocenters. The van der Waals surface area contributed by atoms with E-state index in [1.807, 2.05) is 26.8 Å². The maximum Gasteiger partial charge on any atom is 0.410 e. The highest BCUT2D eigenvalue weighted by Gasteiger charge is 2.49. The Kier molecular flexibility index (Phi) is 7.20. The Balaban J connectivity index is 1.36. The van der Waals surface area contributed by atoms with Gasteiger partial charge in [-0.25, -0.2) is 14.2 Å². The molecular weight excluding hydrogens is 475 g/mol. The highest BCUT2D eigenvalue weighted by molar-refractivity contribution is 5.69. The van der Waals surface area contributed by atoms with E-state index in [4.69, 9.17) is 14.5 Å². The summed E-state index contributed by atoms with van der Waals surface area (Å²) in [5, 5.41) is 12.9. The van der Waals surface area contributed by atoms with Gasteiger partial charge in [0.2, 0.25) is 5.88 Å². The number of alkyl halides is 1. The first-order chi connectivity index (χ1) is 17.7. The van der Waals surface area contributed by atoms with Crippen LogP contribution < -0.4 is 15.0 Å². The van der Waals surface area contributed by atoms with Crippen LogP contribution in [0.1, 0.15) is 57.7 Å². The first-order valence-corrected chi connectivity index (χ1v) is 13.5. The Morgan fingerprint density at radius 1 is 1.32 bits per heavy atom. The molecule has 37 heavy (non-hydrogen) atoms. The number of carbonyl (C=O) groups is 1. The van der Waals surface area contributed by atoms with Crippen molar-refractivity contribution in [2.24, 2.45) is 0 Å². The standard InChI is InChI=1S/C27H39FN6O3/c1-26(2,3)37-25(35)34-12-11-32(17-20(34)5-8-29)23-13-24(31-22-15-30-9-6-21(22)23)36-18-27-7-4-10-33(27)16-19(28)14-27/h13,19-20,30H,4-7,9-12,14-18H2,1-3H3/t19-,20-,27+/m0/s1. The summed E-state index contributed by atoms with van der Waals surface area (Å²) >= 11 is 0. The van der Waals surface area contributed by atoms with E-state index in [0.29, 0.717) is 51.6 Å². The molecule has 3 atom stereocenters. The number of pyridine rings is 1. The number of ether oxygens (including phenoxy) is 2. The van der Waals surface area contributed by atoms with Gasteiger partial charge in [-0.15, -0.1) is 0 Å². The number of amides is 1. The Labute approximate surface area is 218 Å². The summed E-state index contributed by atoms with van der Waals surface area (Å²) in [6.07, 6.45) is 2.47. The lowest BCUT2D eigenvalue weighted by Gasteiger charge is -2.43. The van der Waals surface area contributed by atoms with Crippen molar-refractivity contribution in [2.45, 2.75) is 82.8 Å². The minimum Gasteiger partial charge on any atom is -0.476 e. The van der Waals surface area contributed by atoms with E-state index >= 15 is 0 Å². The van der Waals surface area contributed by atoms with Crippen LogP contribution in [0.3, 0.4) is 0 Å². The van der Waals surface area contributed by atoms with Gasteiger partial charge in [0.05, 0.1) is 29.8 Å². The van der Waals surface area contributed by atoms with E-state index in [1.165, 1.54) is 5.56 Å². The number of nitrogens with zero attached hydrogens (tertiary/aromatic N) is 5. The summed E-state index contributed by atoms with van der Waals surface area (Å²) in [7, 11) is 0. The number of anilines is 1. The number of fused-ring (bicyclic) bond motifs is 2. The van der Waals surface area contributed by atoms with Gasteiger partial charge in [0.25, 0.3) is 0 Å². The van der Waals surface area contributed by atoms with Crippen molar-refractivity contribution < 1.29 is 18.7 Å². The quantitative estimate of drug-likeness (QED) is 0.641. The predicted octanol–water partition coefficient (Wildman–Crippen LogP) is 3.02. The largest absolute Gasteiger partial charge is 0.476 e. The Morgan fingerprint density at radius 3 is 2.95 bits per heavy atom. The highest BCUT2D eigenvalue weighted by atomic mass is 19.1. The van der Waals surface area contributed by atoms with Crippen molar-refractivity contribution in [3.05, 3.63) is 17.3 Å². The molecule has 10 heteroatoms. The summed E-state index contributed by atoms with van der Waals surface area (Å²) < 4.78 is 26.2. The highest BCUT2D eigenvalue weighted by Crippen LogP contribution is 2.41. The molecule has 3 saturated heterocycles. The number of nitriles is 1. The third-order valence-corrected chi connectivity index (χ3v) is 8.04. The van der Waals surface area contributed by atoms with Gasteiger partial charge in [-0.1, -0.05) is 0 Å². The monoisotopic (exact) mass is 514 g/mol. The number of rotatable bonds is 5. The number of aromatic nitrogens is 1. The minimum absolute atomic E-state index is 0.230. The maximum absolute atomic E-state index is 14.2. The molecule has 4 aliphatic rings. The van der Waals surface area contributed by atoms with Crippen LogP contribution in [0.5, 0.6) is 5.88 Å². The zero-order chi connectivity index (χ0) is 26.2. The Bertz CT molecular complexity index is 1060. The molecule has 0 aromatic carbocycles. The molecule has 0 saturated carbocycles. The lowest BCUT2D eigenvalue weighted by atomic mass is 9.95. The summed E-state index contributed by atoms with van der Waals surface area (Å²) in [4.78, 5) is 23.9. The van der Waals surface area contributed by atoms with Crippen LogP contribution in [0.15, 0.2) is 6.07 Å². The van der Waals surface area contributed by atoms with Gasteiger partial charge in [-0.05, 0) is 58.7 Å². The van der Waals surface area contributed by atoms with E-state index in [9.17, 15) is 14.4 Å². The van der Waals surface area contributed by atoms with Crippen molar-refractivity contribution >= 4 is 11.8 Å². The fourth-order valence-electron chi connectivity index (χ4n) is 6.35. The lowest BCUT2D eigenvalue weighted by molar-refractivity contribution is 0.0145. The average Bonchev–Trinajstić information content (AvgIpc) is 3.37. The third kappa shape index (κ3) is 5.48. The first kappa shape index (κ1) is 26.0. The SMILES string of the molecule is CC(C)(C)OC(=O)N1CCN(c2cc(OC[C@]34CCCN3C[C@@H](F)C4)nc3c2CCNC3)C[C@@H]1CC#N. The second-order valence-corrected chi connectivity index (χ2v) is 11.8. The van der Waals surface area contributed by atoms with Crippen LogP contribution in [0, 0.1) is 11.3 Å². The van der Waals surface area contributed by atoms with Gasteiger partial charge in [-0.3, -0.25) is 4.90 Å². The van der Waals surface area contributed by atoms with E-state index in [2.05, 4.69) is 21.2 Å². The van der Waals surface area contributed by atoms with Gasteiger partial charge >= 0.3 is 6.09 Å². The molecule has 0 bridgehead atoms. The Morgan fingerprint density at radius 2 is 2.16 bits per heavy atom. The van der Waals surface area contributed by atoms with Crippen LogP contribution in [-0.2, 0) is 17.7 Å². The number of nitrogens with one attached hydrogen (secondary N) is 1. The van der Waals surface area contributed by atoms with Crippen LogP contribution in [0.2, 0.25) is 0 Å². The van der Waals surface area contributed by atoms with Crippen molar-refractivity contribution in [3.63, 3.8) is 0 Å². The number of hydrogen-bond acceptors (Lipinski definition) is 8. The summed E-state index contributed by atoms with van der Waals surface area (Å²) in [5.74, 6) is 0.562. The van der Waals surface area contributed by atoms with Gasteiger partial charge in [-0.2, -0.15) is 5.26 Å². The normalized spacial score (nSPS) is 28.0. The van der Waals surface area contributed by atoms with E-state index in [-0.39, 0.29) is 24.1 Å². The molecule has 3 fully saturated rings. The third-order valence-electron chi connectivity index (χ3n) is 8.04. The van der Waals surface area contributed by atoms with E-state index < -0.39 is 11.8 Å². The molecule has 0 radical (unpaired) electrons. The van der Waals surface area contributed by atoms with Crippen LogP contribution in [0.4, 0.5) is 14.9 Å². The summed E-state index contributed by atoms with van der Waals surface area (Å²) in [6.45, 7) is 10.6. The molecule has 5 heterocycles. The van der Waals surface area contributed by atoms with Crippen molar-refractivity contribution in [1.82, 2.24) is 20.1 Å². The van der Waals surface area contributed by atoms with Crippen LogP contribution in [-0.4, -0.2) is 90.1 Å². The zero-order valence-corrected chi connectivity index (χ0v) is 22.3. The van der Waals surface area contributed by atoms with Crippen molar-refractivity contribution in [3.8, 4) is 11.9 Å². The molecule has 0 spiro atoms. The number of carbonyl (C=O) groups excluding carboxylic acids is 1. The average molecular weight is 515 g/mol. The molecule has 1 amide bonds. The van der Waals surface area contributed by atoms with Gasteiger partial charge in [0, 0.05) is 50.9 Å². The molecule has 0 aliphatic carbocycles. The second kappa shape index (κ2) is 10.3. The number of halogens is 1. The van der Waals surface area contributed by atoms with Gasteiger partial charge in [0.1, 0.15) is 18.4 Å². The molecule has 1 N–H and O–H groups in total. The Hall–Kier alpha value is -2.64. The topological polar surface area (TPSA) is 94.0 Å². The van der Waals surface area contributed by atoms with Gasteiger partial charge in [0.15, 0.2) is 0 Å². The van der Waals surface area contributed by atoms with Crippen LogP contribution >= 0.6 is 0 Å². The van der Waals surface area contributed by atoms with Crippen molar-refractivity contribution in [2.75, 3.05) is 50.8 Å². The first-order valence-electron chi connectivity index (χ1n) is 13.5. The molecule has 1 aromatic heterocycles. The number of piperazine rings is 1. The lowest BCUT2D eigenvalue weighted by Crippen LogP contribution is -2.56. The number of hydrogen-bond donors (Lipinski definition) is 1. The molecular formula is C27H39FN6O3. The zero-order valence-electron chi connectivity index (χ0n) is 22.3. The molecule has 5 rings (SSSR count). The smallest absolute Gasteiger partial charge is 0.410 e. The van der Waals surface area contributed by atoms with E-state index in [1.54, 1.807) is 4.90 Å². The van der Waals surface area contributed by atoms with Gasteiger partial charge < -0.3 is 24.6 Å². The fourth-order valence-corrected chi connectivity index (χ4v) is 6.35. The van der Waals surface area contributed by atoms with E-state index in [0.717, 1.165) is 43.7 Å². The molecule has 4 aliphatic heterocycles. The molecule has 202 valence electrons. The summed E-state index contributed by atoms with van der Waals surface area (Å²) in [6, 6.07) is 3.99. The minimum atomic E-state index is -0.793. The van der Waals surface area contributed by atoms with Crippen molar-refractivity contribution in [1.29, 1.82) is 5.26 Å². The second-order valence-electron chi connectivity index (χ2n) is 11.8.